The third kappa shape index (κ3) is 0.815. The highest BCUT2D eigenvalue weighted by atomic mass is 16.5. The van der Waals surface area contributed by atoms with Gasteiger partial charge in [0, 0.05) is 6.07 Å². The average Bonchev–Trinajstić information content (AvgIpc) is 2.44. The molecule has 1 heterocycles. The molecule has 2 rings (SSSR count). The maximum Gasteiger partial charge on any atom is 0.311 e. The van der Waals surface area contributed by atoms with Crippen LogP contribution in [0.25, 0.3) is 0 Å². The number of amidine groups is 1. The van der Waals surface area contributed by atoms with Gasteiger partial charge in [0.15, 0.2) is 11.8 Å². The van der Waals surface area contributed by atoms with Crippen molar-refractivity contribution in [3.8, 4) is 6.07 Å². The molecule has 0 aliphatic carbocycles. The van der Waals surface area contributed by atoms with Gasteiger partial charge in [-0.15, -0.1) is 0 Å². The highest BCUT2D eigenvalue weighted by Gasteiger charge is 2.22. The average molecular weight is 159 g/mol. The summed E-state index contributed by atoms with van der Waals surface area (Å²) in [5.41, 5.74) is 1.12. The van der Waals surface area contributed by atoms with Gasteiger partial charge in [-0.05, 0) is 6.07 Å². The number of nitriles is 1. The number of rotatable bonds is 0. The second-order valence-electron chi connectivity index (χ2n) is 2.42. The molecule has 58 valence electrons. The van der Waals surface area contributed by atoms with Crippen molar-refractivity contribution in [2.45, 2.75) is 0 Å². The van der Waals surface area contributed by atoms with Crippen LogP contribution >= 0.6 is 0 Å². The first-order valence-corrected chi connectivity index (χ1v) is 3.45. The van der Waals surface area contributed by atoms with E-state index in [0.717, 1.165) is 0 Å². The zero-order chi connectivity index (χ0) is 8.55. The Morgan fingerprint density at radius 1 is 1.42 bits per heavy atom. The number of fused-ring (bicyclic) bond motifs is 1. The van der Waals surface area contributed by atoms with Crippen molar-refractivity contribution in [3.63, 3.8) is 0 Å². The van der Waals surface area contributed by atoms with Gasteiger partial charge in [0.2, 0.25) is 0 Å². The van der Waals surface area contributed by atoms with Crippen LogP contribution in [0.3, 0.4) is 0 Å². The Balaban J connectivity index is 2.56. The summed E-state index contributed by atoms with van der Waals surface area (Å²) in [6.45, 7) is 0. The summed E-state index contributed by atoms with van der Waals surface area (Å²) in [4.78, 5) is 3.86. The number of hydrogen-bond donors (Lipinski definition) is 1. The molecular weight excluding hydrogens is 154 g/mol. The molecule has 1 N–H and O–H groups in total. The van der Waals surface area contributed by atoms with Crippen LogP contribution in [0, 0.1) is 16.5 Å². The SMILES string of the molecule is N#CC1=Nc2ccccc2[NH+]1[O-]. The Morgan fingerprint density at radius 3 is 2.83 bits per heavy atom. The molecule has 0 radical (unpaired) electrons. The first-order valence-electron chi connectivity index (χ1n) is 3.45. The maximum absolute atomic E-state index is 11.3. The smallest absolute Gasteiger partial charge is 0.311 e. The lowest BCUT2D eigenvalue weighted by molar-refractivity contribution is -0.661. The van der Waals surface area contributed by atoms with Crippen LogP contribution in [-0.4, -0.2) is 5.84 Å². The Hall–Kier alpha value is -1.70. The monoisotopic (exact) mass is 159 g/mol. The molecular formula is C8H5N3O. The number of hydroxylamine groups is 1. The van der Waals surface area contributed by atoms with Gasteiger partial charge in [-0.25, -0.2) is 0 Å². The van der Waals surface area contributed by atoms with Crippen molar-refractivity contribution >= 4 is 17.2 Å². The lowest BCUT2D eigenvalue weighted by Crippen LogP contribution is -3.03. The zero-order valence-corrected chi connectivity index (χ0v) is 6.11. The van der Waals surface area contributed by atoms with Crippen LogP contribution in [0.2, 0.25) is 0 Å². The summed E-state index contributed by atoms with van der Waals surface area (Å²) in [7, 11) is 0. The highest BCUT2D eigenvalue weighted by Crippen LogP contribution is 2.23. The summed E-state index contributed by atoms with van der Waals surface area (Å²) >= 11 is 0. The number of quaternary nitrogens is 1. The largest absolute Gasteiger partial charge is 0.622 e. The Kier molecular flexibility index (Phi) is 1.40. The van der Waals surface area contributed by atoms with Gasteiger partial charge < -0.3 is 5.21 Å². The fraction of sp³-hybridized carbons (Fsp3) is 0. The lowest BCUT2D eigenvalue weighted by atomic mass is 10.3. The van der Waals surface area contributed by atoms with Crippen molar-refractivity contribution in [1.82, 2.24) is 0 Å². The number of nitrogens with zero attached hydrogens (tertiary/aromatic N) is 2. The maximum atomic E-state index is 11.3. The fourth-order valence-corrected chi connectivity index (χ4v) is 1.14. The molecule has 0 saturated heterocycles. The number of para-hydroxylation sites is 2. The van der Waals surface area contributed by atoms with E-state index in [0.29, 0.717) is 11.4 Å². The van der Waals surface area contributed by atoms with E-state index in [1.807, 2.05) is 0 Å². The Bertz CT molecular complexity index is 392. The van der Waals surface area contributed by atoms with E-state index in [1.54, 1.807) is 30.3 Å². The van der Waals surface area contributed by atoms with Crippen LogP contribution in [-0.2, 0) is 0 Å². The van der Waals surface area contributed by atoms with Crippen molar-refractivity contribution in [1.29, 1.82) is 5.26 Å². The summed E-state index contributed by atoms with van der Waals surface area (Å²) in [6.07, 6.45) is 0. The van der Waals surface area contributed by atoms with Crippen molar-refractivity contribution in [2.75, 3.05) is 0 Å². The predicted octanol–water partition coefficient (Wildman–Crippen LogP) is 0.268. The standard InChI is InChI=1S/C8H5N3O/c9-5-8-10-6-3-1-2-4-7(6)11(8)12/h1-4,11H. The summed E-state index contributed by atoms with van der Waals surface area (Å²) in [5.74, 6) is -0.0174. The lowest BCUT2D eigenvalue weighted by Gasteiger charge is -2.12. The quantitative estimate of drug-likeness (QED) is 0.552. The normalized spacial score (nSPS) is 19.7. The third-order valence-electron chi connectivity index (χ3n) is 1.70. The molecule has 0 bridgehead atoms. The number of aliphatic imine (C=N–C) groups is 1. The van der Waals surface area contributed by atoms with Crippen molar-refractivity contribution < 1.29 is 5.06 Å². The molecule has 1 aromatic rings. The number of hydrogen-bond acceptors (Lipinski definition) is 3. The summed E-state index contributed by atoms with van der Waals surface area (Å²) in [5, 5.41) is 19.5. The fourth-order valence-electron chi connectivity index (χ4n) is 1.14. The van der Waals surface area contributed by atoms with E-state index < -0.39 is 0 Å². The van der Waals surface area contributed by atoms with Gasteiger partial charge in [0.25, 0.3) is 0 Å². The Labute approximate surface area is 69.0 Å². The van der Waals surface area contributed by atoms with Crippen molar-refractivity contribution in [3.05, 3.63) is 29.5 Å². The molecule has 4 nitrogen and oxygen atoms in total. The van der Waals surface area contributed by atoms with Crippen molar-refractivity contribution in [2.24, 2.45) is 4.99 Å². The summed E-state index contributed by atoms with van der Waals surface area (Å²) < 4.78 is 0. The minimum atomic E-state index is -0.270. The molecule has 1 atom stereocenters. The van der Waals surface area contributed by atoms with Gasteiger partial charge in [-0.1, -0.05) is 12.1 Å². The molecule has 1 unspecified atom stereocenters. The minimum Gasteiger partial charge on any atom is -0.622 e. The summed E-state index contributed by atoms with van der Waals surface area (Å²) in [6, 6.07) is 8.70. The van der Waals surface area contributed by atoms with Crippen LogP contribution < -0.4 is 5.06 Å². The van der Waals surface area contributed by atoms with Crippen LogP contribution in [0.1, 0.15) is 0 Å². The molecule has 0 saturated carbocycles. The second-order valence-corrected chi connectivity index (χ2v) is 2.42. The first-order chi connectivity index (χ1) is 5.83. The van der Waals surface area contributed by atoms with Crippen LogP contribution in [0.5, 0.6) is 0 Å². The van der Waals surface area contributed by atoms with Gasteiger partial charge in [-0.2, -0.15) is 10.3 Å². The van der Waals surface area contributed by atoms with E-state index in [9.17, 15) is 5.21 Å². The van der Waals surface area contributed by atoms with Crippen LogP contribution in [0.4, 0.5) is 11.4 Å². The van der Waals surface area contributed by atoms with E-state index >= 15 is 0 Å². The topological polar surface area (TPSA) is 63.6 Å². The molecule has 0 amide bonds. The van der Waals surface area contributed by atoms with Gasteiger partial charge in [-0.3, -0.25) is 5.06 Å². The molecule has 0 aromatic heterocycles. The van der Waals surface area contributed by atoms with Gasteiger partial charge in [0.1, 0.15) is 5.69 Å². The van der Waals surface area contributed by atoms with Crippen LogP contribution in [0.15, 0.2) is 29.3 Å². The Morgan fingerprint density at radius 2 is 2.17 bits per heavy atom. The molecule has 1 aromatic carbocycles. The van der Waals surface area contributed by atoms with Gasteiger partial charge >= 0.3 is 5.84 Å². The molecule has 1 aliphatic rings. The van der Waals surface area contributed by atoms with E-state index in [2.05, 4.69) is 4.99 Å². The molecule has 0 fully saturated rings. The molecule has 12 heavy (non-hydrogen) atoms. The zero-order valence-electron chi connectivity index (χ0n) is 6.11. The van der Waals surface area contributed by atoms with E-state index in [1.165, 1.54) is 0 Å². The molecule has 4 heteroatoms. The second kappa shape index (κ2) is 2.41. The third-order valence-corrected chi connectivity index (χ3v) is 1.70. The van der Waals surface area contributed by atoms with E-state index in [4.69, 9.17) is 5.26 Å². The number of nitrogens with one attached hydrogen (secondary N) is 1. The highest BCUT2D eigenvalue weighted by molar-refractivity contribution is 5.96. The first kappa shape index (κ1) is 6.98. The minimum absolute atomic E-state index is 0.0174. The number of benzene rings is 1. The van der Waals surface area contributed by atoms with E-state index in [-0.39, 0.29) is 10.9 Å². The predicted molar refractivity (Wildman–Crippen MR) is 43.1 cm³/mol. The molecule has 0 spiro atoms. The van der Waals surface area contributed by atoms with Gasteiger partial charge in [0.05, 0.1) is 0 Å². The molecule has 1 aliphatic heterocycles.